The third-order valence-corrected chi connectivity index (χ3v) is 5.62. The van der Waals surface area contributed by atoms with E-state index in [1.807, 2.05) is 0 Å². The van der Waals surface area contributed by atoms with Gasteiger partial charge in [0.25, 0.3) is 0 Å². The highest BCUT2D eigenvalue weighted by atomic mass is 16.5. The van der Waals surface area contributed by atoms with Gasteiger partial charge < -0.3 is 19.9 Å². The van der Waals surface area contributed by atoms with E-state index in [2.05, 4.69) is 63.2 Å². The van der Waals surface area contributed by atoms with Gasteiger partial charge in [0.05, 0.1) is 13.2 Å². The number of anilines is 3. The summed E-state index contributed by atoms with van der Waals surface area (Å²) in [5, 5.41) is 3.64. The number of piperidine rings is 1. The zero-order valence-electron chi connectivity index (χ0n) is 16.3. The molecule has 2 fully saturated rings. The molecule has 144 valence electrons. The van der Waals surface area contributed by atoms with Crippen LogP contribution in [0.3, 0.4) is 0 Å². The Balaban J connectivity index is 1.42. The van der Waals surface area contributed by atoms with Crippen molar-refractivity contribution >= 4 is 17.3 Å². The Morgan fingerprint density at radius 1 is 1.00 bits per heavy atom. The van der Waals surface area contributed by atoms with Crippen molar-refractivity contribution in [2.75, 3.05) is 54.5 Å². The highest BCUT2D eigenvalue weighted by molar-refractivity contribution is 5.53. The van der Waals surface area contributed by atoms with Gasteiger partial charge in [0.1, 0.15) is 18.0 Å². The van der Waals surface area contributed by atoms with E-state index in [4.69, 9.17) is 4.74 Å². The van der Waals surface area contributed by atoms with Crippen molar-refractivity contribution in [1.82, 2.24) is 9.97 Å². The van der Waals surface area contributed by atoms with E-state index in [0.29, 0.717) is 6.04 Å². The molecule has 0 radical (unpaired) electrons. The minimum Gasteiger partial charge on any atom is -0.378 e. The quantitative estimate of drug-likeness (QED) is 0.897. The molecule has 1 aromatic heterocycles. The van der Waals surface area contributed by atoms with Crippen LogP contribution in [0.4, 0.5) is 17.3 Å². The molecule has 1 unspecified atom stereocenters. The van der Waals surface area contributed by atoms with Crippen LogP contribution in [-0.4, -0.2) is 55.4 Å². The topological polar surface area (TPSA) is 53.5 Å². The third-order valence-electron chi connectivity index (χ3n) is 5.62. The van der Waals surface area contributed by atoms with Crippen LogP contribution < -0.4 is 15.1 Å². The minimum absolute atomic E-state index is 0.396. The predicted octanol–water partition coefficient (Wildman–Crippen LogP) is 3.01. The molecular formula is C21H29N5O. The van der Waals surface area contributed by atoms with E-state index in [-0.39, 0.29) is 0 Å². The van der Waals surface area contributed by atoms with Crippen molar-refractivity contribution in [3.8, 4) is 0 Å². The van der Waals surface area contributed by atoms with Crippen molar-refractivity contribution in [2.45, 2.75) is 32.7 Å². The Morgan fingerprint density at radius 3 is 2.67 bits per heavy atom. The Morgan fingerprint density at radius 2 is 1.85 bits per heavy atom. The minimum atomic E-state index is 0.396. The highest BCUT2D eigenvalue weighted by Gasteiger charge is 2.21. The lowest BCUT2D eigenvalue weighted by molar-refractivity contribution is 0.122. The number of ether oxygens (including phenoxy) is 1. The van der Waals surface area contributed by atoms with Crippen molar-refractivity contribution in [3.63, 3.8) is 0 Å². The summed E-state index contributed by atoms with van der Waals surface area (Å²) in [7, 11) is 0. The number of aryl methyl sites for hydroxylation is 2. The molecule has 27 heavy (non-hydrogen) atoms. The first-order chi connectivity index (χ1) is 13.2. The monoisotopic (exact) mass is 367 g/mol. The van der Waals surface area contributed by atoms with Crippen molar-refractivity contribution < 1.29 is 4.74 Å². The molecule has 3 heterocycles. The lowest BCUT2D eigenvalue weighted by Crippen LogP contribution is -2.42. The van der Waals surface area contributed by atoms with Crippen LogP contribution in [0, 0.1) is 13.8 Å². The van der Waals surface area contributed by atoms with E-state index >= 15 is 0 Å². The van der Waals surface area contributed by atoms with Gasteiger partial charge in [-0.3, -0.25) is 0 Å². The summed E-state index contributed by atoms with van der Waals surface area (Å²) in [6, 6.07) is 9.24. The molecule has 2 aromatic rings. The van der Waals surface area contributed by atoms with Crippen molar-refractivity contribution in [3.05, 3.63) is 41.7 Å². The number of morpholine rings is 1. The van der Waals surface area contributed by atoms with E-state index in [0.717, 1.165) is 57.4 Å². The first-order valence-electron chi connectivity index (χ1n) is 9.92. The molecule has 2 aliphatic heterocycles. The molecule has 6 nitrogen and oxygen atoms in total. The number of rotatable bonds is 4. The third kappa shape index (κ3) is 4.33. The van der Waals surface area contributed by atoms with Gasteiger partial charge in [-0.1, -0.05) is 6.07 Å². The lowest BCUT2D eigenvalue weighted by Gasteiger charge is -2.35. The molecule has 0 saturated carbocycles. The first-order valence-corrected chi connectivity index (χ1v) is 9.92. The van der Waals surface area contributed by atoms with E-state index in [1.54, 1.807) is 6.33 Å². The Labute approximate surface area is 161 Å². The van der Waals surface area contributed by atoms with Gasteiger partial charge in [-0.15, -0.1) is 0 Å². The normalized spacial score (nSPS) is 20.6. The van der Waals surface area contributed by atoms with Gasteiger partial charge >= 0.3 is 0 Å². The number of nitrogens with zero attached hydrogens (tertiary/aromatic N) is 4. The lowest BCUT2D eigenvalue weighted by atomic mass is 10.0. The Kier molecular flexibility index (Phi) is 5.43. The molecule has 4 rings (SSSR count). The van der Waals surface area contributed by atoms with Crippen LogP contribution >= 0.6 is 0 Å². The van der Waals surface area contributed by atoms with Crippen LogP contribution in [0.5, 0.6) is 0 Å². The number of hydrogen-bond donors (Lipinski definition) is 1. The Bertz CT molecular complexity index is 775. The zero-order chi connectivity index (χ0) is 18.6. The average molecular weight is 367 g/mol. The molecule has 1 atom stereocenters. The molecule has 1 aromatic carbocycles. The van der Waals surface area contributed by atoms with Gasteiger partial charge in [0.2, 0.25) is 0 Å². The molecule has 2 aliphatic rings. The van der Waals surface area contributed by atoms with Crippen LogP contribution in [0.2, 0.25) is 0 Å². The number of aromatic nitrogens is 2. The molecule has 1 N–H and O–H groups in total. The van der Waals surface area contributed by atoms with Crippen LogP contribution in [0.1, 0.15) is 24.0 Å². The van der Waals surface area contributed by atoms with Gasteiger partial charge in [-0.25, -0.2) is 9.97 Å². The molecule has 2 saturated heterocycles. The molecule has 0 aliphatic carbocycles. The maximum atomic E-state index is 5.44. The fraction of sp³-hybridized carbons (Fsp3) is 0.524. The summed E-state index contributed by atoms with van der Waals surface area (Å²) in [5.74, 6) is 1.90. The fourth-order valence-electron chi connectivity index (χ4n) is 3.85. The summed E-state index contributed by atoms with van der Waals surface area (Å²) < 4.78 is 5.44. The fourth-order valence-corrected chi connectivity index (χ4v) is 3.85. The predicted molar refractivity (Wildman–Crippen MR) is 110 cm³/mol. The van der Waals surface area contributed by atoms with E-state index in [9.17, 15) is 0 Å². The molecular weight excluding hydrogens is 338 g/mol. The number of benzene rings is 1. The average Bonchev–Trinajstić information content (AvgIpc) is 2.71. The standard InChI is InChI=1S/C21H29N5O/c1-16-5-6-19(12-17(16)2)26-7-3-4-18(14-26)24-20-13-21(23-15-22-20)25-8-10-27-11-9-25/h5-6,12-13,15,18H,3-4,7-11,14H2,1-2H3,(H,22,23,24). The maximum Gasteiger partial charge on any atom is 0.134 e. The summed E-state index contributed by atoms with van der Waals surface area (Å²) in [6.07, 6.45) is 4.02. The summed E-state index contributed by atoms with van der Waals surface area (Å²) in [6.45, 7) is 9.78. The van der Waals surface area contributed by atoms with Crippen LogP contribution in [0.15, 0.2) is 30.6 Å². The number of nitrogens with one attached hydrogen (secondary N) is 1. The SMILES string of the molecule is Cc1ccc(N2CCCC(Nc3cc(N4CCOCC4)ncn3)C2)cc1C. The summed E-state index contributed by atoms with van der Waals surface area (Å²) in [5.41, 5.74) is 4.02. The maximum absolute atomic E-state index is 5.44. The van der Waals surface area contributed by atoms with Gasteiger partial charge in [0, 0.05) is 44.0 Å². The molecule has 0 amide bonds. The molecule has 0 spiro atoms. The largest absolute Gasteiger partial charge is 0.378 e. The van der Waals surface area contributed by atoms with Crippen LogP contribution in [-0.2, 0) is 4.74 Å². The van der Waals surface area contributed by atoms with E-state index < -0.39 is 0 Å². The number of hydrogen-bond acceptors (Lipinski definition) is 6. The van der Waals surface area contributed by atoms with Crippen LogP contribution in [0.25, 0.3) is 0 Å². The zero-order valence-corrected chi connectivity index (χ0v) is 16.3. The summed E-state index contributed by atoms with van der Waals surface area (Å²) >= 11 is 0. The smallest absolute Gasteiger partial charge is 0.134 e. The van der Waals surface area contributed by atoms with Gasteiger partial charge in [-0.2, -0.15) is 0 Å². The van der Waals surface area contributed by atoms with E-state index in [1.165, 1.54) is 23.2 Å². The molecule has 6 heteroatoms. The first kappa shape index (κ1) is 18.0. The highest BCUT2D eigenvalue weighted by Crippen LogP contribution is 2.24. The second-order valence-corrected chi connectivity index (χ2v) is 7.56. The van der Waals surface area contributed by atoms with Gasteiger partial charge in [0.15, 0.2) is 0 Å². The second kappa shape index (κ2) is 8.13. The van der Waals surface area contributed by atoms with Crippen molar-refractivity contribution in [1.29, 1.82) is 0 Å². The summed E-state index contributed by atoms with van der Waals surface area (Å²) in [4.78, 5) is 13.6. The van der Waals surface area contributed by atoms with Gasteiger partial charge in [-0.05, 0) is 49.9 Å². The molecule has 0 bridgehead atoms. The Hall–Kier alpha value is -2.34. The van der Waals surface area contributed by atoms with Crippen molar-refractivity contribution in [2.24, 2.45) is 0 Å². The second-order valence-electron chi connectivity index (χ2n) is 7.56.